The number of imidazole rings is 1. The molecule has 0 saturated carbocycles. The lowest BCUT2D eigenvalue weighted by Gasteiger charge is -2.11. The number of fused-ring (bicyclic) bond motifs is 1. The van der Waals surface area contributed by atoms with E-state index in [2.05, 4.69) is 49.7 Å². The SMILES string of the molecule is C=C(N)Cc1c(Cc2ccccc2)ncn1Cc1cccc2n[nH]nc12. The minimum atomic E-state index is 0.594. The summed E-state index contributed by atoms with van der Waals surface area (Å²) < 4.78 is 2.12. The van der Waals surface area contributed by atoms with Crippen LogP contribution >= 0.6 is 0 Å². The quantitative estimate of drug-likeness (QED) is 0.563. The maximum atomic E-state index is 5.92. The van der Waals surface area contributed by atoms with E-state index < -0.39 is 0 Å². The van der Waals surface area contributed by atoms with Gasteiger partial charge in [0.25, 0.3) is 0 Å². The van der Waals surface area contributed by atoms with Gasteiger partial charge < -0.3 is 10.3 Å². The molecule has 0 spiro atoms. The number of aromatic amines is 1. The van der Waals surface area contributed by atoms with Gasteiger partial charge >= 0.3 is 0 Å². The smallest absolute Gasteiger partial charge is 0.117 e. The standard InChI is InChI=1S/C20H20N6/c1-14(21)10-19-18(11-15-6-3-2-4-7-15)22-13-26(19)12-16-8-5-9-17-20(16)24-25-23-17/h2-9,13H,1,10-12,21H2,(H,23,24,25). The summed E-state index contributed by atoms with van der Waals surface area (Å²) in [5.41, 5.74) is 12.7. The normalized spacial score (nSPS) is 11.1. The molecule has 3 N–H and O–H groups in total. The van der Waals surface area contributed by atoms with Crippen molar-refractivity contribution < 1.29 is 0 Å². The Morgan fingerprint density at radius 1 is 1.08 bits per heavy atom. The fourth-order valence-electron chi connectivity index (χ4n) is 3.18. The van der Waals surface area contributed by atoms with E-state index in [0.717, 1.165) is 34.4 Å². The molecule has 26 heavy (non-hydrogen) atoms. The molecule has 6 heteroatoms. The molecular weight excluding hydrogens is 324 g/mol. The number of benzene rings is 2. The third-order valence-corrected chi connectivity index (χ3v) is 4.41. The number of nitrogens with one attached hydrogen (secondary N) is 1. The summed E-state index contributed by atoms with van der Waals surface area (Å²) in [7, 11) is 0. The Morgan fingerprint density at radius 2 is 1.92 bits per heavy atom. The molecule has 4 aromatic rings. The summed E-state index contributed by atoms with van der Waals surface area (Å²) in [6.45, 7) is 4.54. The molecule has 0 saturated heterocycles. The van der Waals surface area contributed by atoms with Crippen molar-refractivity contribution in [1.82, 2.24) is 25.0 Å². The van der Waals surface area contributed by atoms with E-state index in [-0.39, 0.29) is 0 Å². The van der Waals surface area contributed by atoms with Gasteiger partial charge in [0.15, 0.2) is 0 Å². The summed E-state index contributed by atoms with van der Waals surface area (Å²) in [5.74, 6) is 0. The fourth-order valence-corrected chi connectivity index (χ4v) is 3.18. The van der Waals surface area contributed by atoms with Crippen LogP contribution in [-0.2, 0) is 19.4 Å². The number of aromatic nitrogens is 5. The average molecular weight is 344 g/mol. The van der Waals surface area contributed by atoms with Gasteiger partial charge in [0.05, 0.1) is 18.6 Å². The maximum Gasteiger partial charge on any atom is 0.117 e. The highest BCUT2D eigenvalue weighted by Crippen LogP contribution is 2.20. The van der Waals surface area contributed by atoms with Crippen LogP contribution in [-0.4, -0.2) is 25.0 Å². The first-order valence-electron chi connectivity index (χ1n) is 8.49. The van der Waals surface area contributed by atoms with E-state index in [1.807, 2.05) is 36.7 Å². The lowest BCUT2D eigenvalue weighted by molar-refractivity contribution is 0.748. The molecule has 0 unspecified atom stereocenters. The van der Waals surface area contributed by atoms with E-state index in [1.54, 1.807) is 0 Å². The second kappa shape index (κ2) is 6.84. The highest BCUT2D eigenvalue weighted by atomic mass is 15.3. The Hall–Kier alpha value is -3.41. The molecular formula is C20H20N6. The molecule has 0 atom stereocenters. The number of nitrogens with two attached hydrogens (primary N) is 1. The van der Waals surface area contributed by atoms with Gasteiger partial charge in [-0.2, -0.15) is 15.4 Å². The van der Waals surface area contributed by atoms with Gasteiger partial charge in [-0.15, -0.1) is 0 Å². The molecule has 130 valence electrons. The predicted octanol–water partition coefficient (Wildman–Crippen LogP) is 2.81. The van der Waals surface area contributed by atoms with Crippen LogP contribution in [0.3, 0.4) is 0 Å². The van der Waals surface area contributed by atoms with Crippen LogP contribution in [0.5, 0.6) is 0 Å². The van der Waals surface area contributed by atoms with Gasteiger partial charge in [0.2, 0.25) is 0 Å². The van der Waals surface area contributed by atoms with E-state index in [4.69, 9.17) is 5.73 Å². The molecule has 0 aliphatic carbocycles. The number of nitrogens with zero attached hydrogens (tertiary/aromatic N) is 4. The molecule has 0 fully saturated rings. The third-order valence-electron chi connectivity index (χ3n) is 4.41. The minimum Gasteiger partial charge on any atom is -0.402 e. The van der Waals surface area contributed by atoms with Gasteiger partial charge in [-0.1, -0.05) is 49.0 Å². The van der Waals surface area contributed by atoms with E-state index >= 15 is 0 Å². The molecule has 0 aliphatic rings. The van der Waals surface area contributed by atoms with Crippen molar-refractivity contribution in [2.24, 2.45) is 5.73 Å². The summed E-state index contributed by atoms with van der Waals surface area (Å²) in [5, 5.41) is 11.1. The second-order valence-electron chi connectivity index (χ2n) is 6.37. The van der Waals surface area contributed by atoms with Crippen molar-refractivity contribution >= 4 is 11.0 Å². The zero-order valence-electron chi connectivity index (χ0n) is 14.4. The van der Waals surface area contributed by atoms with Gasteiger partial charge in [-0.25, -0.2) is 4.98 Å². The molecule has 4 rings (SSSR count). The Morgan fingerprint density at radius 3 is 2.73 bits per heavy atom. The maximum absolute atomic E-state index is 5.92. The molecule has 6 nitrogen and oxygen atoms in total. The van der Waals surface area contributed by atoms with Crippen molar-refractivity contribution in [1.29, 1.82) is 0 Å². The Labute approximate surface area is 151 Å². The lowest BCUT2D eigenvalue weighted by atomic mass is 10.1. The van der Waals surface area contributed by atoms with Gasteiger partial charge in [-0.3, -0.25) is 0 Å². The largest absolute Gasteiger partial charge is 0.402 e. The van der Waals surface area contributed by atoms with Crippen LogP contribution in [0.2, 0.25) is 0 Å². The summed E-state index contributed by atoms with van der Waals surface area (Å²) in [6.07, 6.45) is 3.23. The topological polar surface area (TPSA) is 85.4 Å². The van der Waals surface area contributed by atoms with Crippen LogP contribution in [0.15, 0.2) is 67.1 Å². The monoisotopic (exact) mass is 344 g/mol. The summed E-state index contributed by atoms with van der Waals surface area (Å²) >= 11 is 0. The number of allylic oxidation sites excluding steroid dienone is 1. The molecule has 0 bridgehead atoms. The van der Waals surface area contributed by atoms with E-state index in [9.17, 15) is 0 Å². The van der Waals surface area contributed by atoms with Crippen LogP contribution < -0.4 is 5.73 Å². The Bertz CT molecular complexity index is 1040. The van der Waals surface area contributed by atoms with Crippen LogP contribution in [0.1, 0.15) is 22.5 Å². The van der Waals surface area contributed by atoms with Crippen molar-refractivity contribution in [3.63, 3.8) is 0 Å². The summed E-state index contributed by atoms with van der Waals surface area (Å²) in [6, 6.07) is 16.3. The number of H-pyrrole nitrogens is 1. The molecule has 0 radical (unpaired) electrons. The number of rotatable bonds is 6. The minimum absolute atomic E-state index is 0.594. The van der Waals surface area contributed by atoms with Crippen molar-refractivity contribution in [2.45, 2.75) is 19.4 Å². The average Bonchev–Trinajstić information content (AvgIpc) is 3.25. The van der Waals surface area contributed by atoms with Crippen LogP contribution in [0, 0.1) is 0 Å². The fraction of sp³-hybridized carbons (Fsp3) is 0.150. The zero-order chi connectivity index (χ0) is 17.9. The Kier molecular flexibility index (Phi) is 4.23. The predicted molar refractivity (Wildman–Crippen MR) is 101 cm³/mol. The Balaban J connectivity index is 1.69. The van der Waals surface area contributed by atoms with Gasteiger partial charge in [0.1, 0.15) is 11.0 Å². The number of hydrogen-bond acceptors (Lipinski definition) is 4. The highest BCUT2D eigenvalue weighted by Gasteiger charge is 2.14. The molecule has 2 heterocycles. The molecule has 0 amide bonds. The van der Waals surface area contributed by atoms with Gasteiger partial charge in [-0.05, 0) is 11.6 Å². The summed E-state index contributed by atoms with van der Waals surface area (Å²) in [4.78, 5) is 4.65. The number of hydrogen-bond donors (Lipinski definition) is 2. The second-order valence-corrected chi connectivity index (χ2v) is 6.37. The first kappa shape index (κ1) is 16.1. The van der Waals surface area contributed by atoms with Crippen molar-refractivity contribution in [3.05, 3.63) is 89.6 Å². The highest BCUT2D eigenvalue weighted by molar-refractivity contribution is 5.77. The molecule has 2 aromatic heterocycles. The first-order chi connectivity index (χ1) is 12.7. The lowest BCUT2D eigenvalue weighted by Crippen LogP contribution is -2.10. The zero-order valence-corrected chi connectivity index (χ0v) is 14.4. The third kappa shape index (κ3) is 3.21. The van der Waals surface area contributed by atoms with E-state index in [0.29, 0.717) is 18.7 Å². The van der Waals surface area contributed by atoms with Crippen LogP contribution in [0.25, 0.3) is 11.0 Å². The molecule has 0 aliphatic heterocycles. The van der Waals surface area contributed by atoms with Crippen LogP contribution in [0.4, 0.5) is 0 Å². The first-order valence-corrected chi connectivity index (χ1v) is 8.49. The van der Waals surface area contributed by atoms with E-state index in [1.165, 1.54) is 5.56 Å². The van der Waals surface area contributed by atoms with Crippen molar-refractivity contribution in [2.75, 3.05) is 0 Å². The van der Waals surface area contributed by atoms with Gasteiger partial charge in [0, 0.05) is 29.8 Å². The number of para-hydroxylation sites is 1. The molecule has 2 aromatic carbocycles. The van der Waals surface area contributed by atoms with Crippen molar-refractivity contribution in [3.8, 4) is 0 Å².